The van der Waals surface area contributed by atoms with Crippen molar-refractivity contribution < 1.29 is 23.8 Å². The second kappa shape index (κ2) is 8.29. The van der Waals surface area contributed by atoms with Gasteiger partial charge in [0.1, 0.15) is 11.4 Å². The highest BCUT2D eigenvalue weighted by atomic mass is 16.6. The fourth-order valence-electron chi connectivity index (χ4n) is 1.50. The van der Waals surface area contributed by atoms with Crippen LogP contribution in [0.2, 0.25) is 0 Å². The fourth-order valence-corrected chi connectivity index (χ4v) is 1.50. The smallest absolute Gasteiger partial charge is 0.341 e. The molecule has 1 rings (SSSR count). The van der Waals surface area contributed by atoms with Gasteiger partial charge >= 0.3 is 11.9 Å². The predicted molar refractivity (Wildman–Crippen MR) is 87.4 cm³/mol. The van der Waals surface area contributed by atoms with Gasteiger partial charge in [0.15, 0.2) is 0 Å². The first-order chi connectivity index (χ1) is 10.7. The second-order valence-electron chi connectivity index (χ2n) is 5.82. The van der Waals surface area contributed by atoms with E-state index in [2.05, 4.69) is 13.2 Å². The normalized spacial score (nSPS) is 10.7. The lowest BCUT2D eigenvalue weighted by molar-refractivity contribution is -0.130. The van der Waals surface area contributed by atoms with Crippen molar-refractivity contribution in [1.82, 2.24) is 0 Å². The molecule has 0 fully saturated rings. The molecule has 0 unspecified atom stereocenters. The number of ether oxygens (including phenoxy) is 3. The van der Waals surface area contributed by atoms with E-state index in [1.165, 1.54) is 24.3 Å². The van der Waals surface area contributed by atoms with Gasteiger partial charge in [-0.05, 0) is 45.0 Å². The predicted octanol–water partition coefficient (Wildman–Crippen LogP) is 3.31. The molecule has 0 aliphatic carbocycles. The lowest BCUT2D eigenvalue weighted by Gasteiger charge is -2.19. The molecule has 0 aromatic heterocycles. The van der Waals surface area contributed by atoms with Gasteiger partial charge in [0.2, 0.25) is 0 Å². The van der Waals surface area contributed by atoms with Crippen LogP contribution in [-0.2, 0) is 14.3 Å². The number of benzene rings is 1. The van der Waals surface area contributed by atoms with Crippen molar-refractivity contribution >= 4 is 11.9 Å². The Hall–Kier alpha value is -2.40. The van der Waals surface area contributed by atoms with E-state index in [1.54, 1.807) is 26.8 Å². The van der Waals surface area contributed by atoms with Crippen molar-refractivity contribution in [3.8, 4) is 5.75 Å². The maximum absolute atomic E-state index is 11.9. The summed E-state index contributed by atoms with van der Waals surface area (Å²) >= 11 is 0. The maximum Gasteiger partial charge on any atom is 0.341 e. The molecule has 0 saturated carbocycles. The zero-order valence-electron chi connectivity index (χ0n) is 13.8. The topological polar surface area (TPSA) is 61.8 Å². The Morgan fingerprint density at radius 1 is 1.17 bits per heavy atom. The Morgan fingerprint density at radius 3 is 2.30 bits per heavy atom. The summed E-state index contributed by atoms with van der Waals surface area (Å²) in [5.41, 5.74) is 0.0155. The summed E-state index contributed by atoms with van der Waals surface area (Å²) in [7, 11) is 0. The van der Waals surface area contributed by atoms with Crippen LogP contribution < -0.4 is 4.74 Å². The van der Waals surface area contributed by atoms with Crippen molar-refractivity contribution in [2.45, 2.75) is 26.4 Å². The van der Waals surface area contributed by atoms with Crippen molar-refractivity contribution in [2.75, 3.05) is 13.2 Å². The molecule has 0 aliphatic rings. The third-order valence-electron chi connectivity index (χ3n) is 2.50. The minimum atomic E-state index is -0.584. The molecule has 5 nitrogen and oxygen atoms in total. The number of carbonyl (C=O) groups excluding carboxylic acids is 2. The Bertz CT molecular complexity index is 578. The Balaban J connectivity index is 2.60. The van der Waals surface area contributed by atoms with Crippen LogP contribution in [0.25, 0.3) is 0 Å². The molecule has 0 N–H and O–H groups in total. The van der Waals surface area contributed by atoms with Crippen molar-refractivity contribution in [3.63, 3.8) is 0 Å². The average molecular weight is 318 g/mol. The lowest BCUT2D eigenvalue weighted by atomic mass is 10.1. The number of hydrogen-bond acceptors (Lipinski definition) is 5. The molecule has 0 spiro atoms. The number of esters is 2. The van der Waals surface area contributed by atoms with E-state index in [0.29, 0.717) is 17.9 Å². The van der Waals surface area contributed by atoms with E-state index >= 15 is 0 Å². The minimum absolute atomic E-state index is 0.0703. The summed E-state index contributed by atoms with van der Waals surface area (Å²) in [6.45, 7) is 12.9. The number of rotatable bonds is 7. The summed E-state index contributed by atoms with van der Waals surface area (Å²) in [5.74, 6) is -0.705. The zero-order chi connectivity index (χ0) is 17.5. The molecule has 0 bridgehead atoms. The molecular weight excluding hydrogens is 296 g/mol. The van der Waals surface area contributed by atoms with Gasteiger partial charge in [-0.2, -0.15) is 0 Å². The van der Waals surface area contributed by atoms with Crippen LogP contribution in [0.5, 0.6) is 5.75 Å². The molecule has 0 heterocycles. The SMILES string of the molecule is C=CCOCC(=C)C(=O)Oc1ccc(C(=O)OC(C)(C)C)cc1. The second-order valence-corrected chi connectivity index (χ2v) is 5.82. The molecule has 124 valence electrons. The van der Waals surface area contributed by atoms with Gasteiger partial charge in [-0.1, -0.05) is 12.7 Å². The Morgan fingerprint density at radius 2 is 1.78 bits per heavy atom. The fraction of sp³-hybridized carbons (Fsp3) is 0.333. The van der Waals surface area contributed by atoms with Gasteiger partial charge in [-0.15, -0.1) is 6.58 Å². The third-order valence-corrected chi connectivity index (χ3v) is 2.50. The molecule has 1 aromatic carbocycles. The Kier molecular flexibility index (Phi) is 6.72. The van der Waals surface area contributed by atoms with E-state index in [-0.39, 0.29) is 12.2 Å². The van der Waals surface area contributed by atoms with Crippen molar-refractivity contribution in [2.24, 2.45) is 0 Å². The van der Waals surface area contributed by atoms with E-state index in [1.807, 2.05) is 0 Å². The summed E-state index contributed by atoms with van der Waals surface area (Å²) in [6.07, 6.45) is 1.58. The first-order valence-electron chi connectivity index (χ1n) is 7.15. The molecule has 23 heavy (non-hydrogen) atoms. The third kappa shape index (κ3) is 6.93. The zero-order valence-corrected chi connectivity index (χ0v) is 13.8. The first-order valence-corrected chi connectivity index (χ1v) is 7.15. The molecule has 0 saturated heterocycles. The maximum atomic E-state index is 11.9. The quantitative estimate of drug-likeness (QED) is 0.254. The van der Waals surface area contributed by atoms with Gasteiger partial charge in [0.25, 0.3) is 0 Å². The van der Waals surface area contributed by atoms with E-state index in [4.69, 9.17) is 14.2 Å². The van der Waals surface area contributed by atoms with Crippen molar-refractivity contribution in [3.05, 3.63) is 54.6 Å². The van der Waals surface area contributed by atoms with Gasteiger partial charge in [0.05, 0.1) is 24.4 Å². The van der Waals surface area contributed by atoms with Gasteiger partial charge < -0.3 is 14.2 Å². The van der Waals surface area contributed by atoms with Crippen LogP contribution >= 0.6 is 0 Å². The van der Waals surface area contributed by atoms with Crippen LogP contribution in [0, 0.1) is 0 Å². The molecule has 0 atom stereocenters. The molecule has 0 radical (unpaired) electrons. The minimum Gasteiger partial charge on any atom is -0.456 e. The Labute approximate surface area is 136 Å². The first kappa shape index (κ1) is 18.6. The summed E-state index contributed by atoms with van der Waals surface area (Å²) < 4.78 is 15.5. The van der Waals surface area contributed by atoms with Gasteiger partial charge in [0, 0.05) is 0 Å². The van der Waals surface area contributed by atoms with Gasteiger partial charge in [-0.3, -0.25) is 0 Å². The summed E-state index contributed by atoms with van der Waals surface area (Å²) in [4.78, 5) is 23.7. The highest BCUT2D eigenvalue weighted by molar-refractivity contribution is 5.91. The summed E-state index contributed by atoms with van der Waals surface area (Å²) in [5, 5.41) is 0. The van der Waals surface area contributed by atoms with Crippen LogP contribution in [0.1, 0.15) is 31.1 Å². The van der Waals surface area contributed by atoms with Crippen LogP contribution in [0.15, 0.2) is 49.1 Å². The van der Waals surface area contributed by atoms with Crippen molar-refractivity contribution in [1.29, 1.82) is 0 Å². The molecule has 5 heteroatoms. The van der Waals surface area contributed by atoms with Gasteiger partial charge in [-0.25, -0.2) is 9.59 Å². The summed E-state index contributed by atoms with van der Waals surface area (Å²) in [6, 6.07) is 6.12. The standard InChI is InChI=1S/C18H22O5/c1-6-11-21-12-13(2)16(19)22-15-9-7-14(8-10-15)17(20)23-18(3,4)5/h6-10H,1-2,11-12H2,3-5H3. The largest absolute Gasteiger partial charge is 0.456 e. The van der Waals surface area contributed by atoms with Crippen LogP contribution in [0.3, 0.4) is 0 Å². The number of carbonyl (C=O) groups is 2. The molecule has 0 amide bonds. The van der Waals surface area contributed by atoms with Crippen LogP contribution in [-0.4, -0.2) is 30.8 Å². The van der Waals surface area contributed by atoms with E-state index < -0.39 is 17.5 Å². The molecule has 1 aromatic rings. The highest BCUT2D eigenvalue weighted by Gasteiger charge is 2.18. The van der Waals surface area contributed by atoms with E-state index in [0.717, 1.165) is 0 Å². The molecular formula is C18H22O5. The van der Waals surface area contributed by atoms with E-state index in [9.17, 15) is 9.59 Å². The highest BCUT2D eigenvalue weighted by Crippen LogP contribution is 2.17. The van der Waals surface area contributed by atoms with Crippen LogP contribution in [0.4, 0.5) is 0 Å². The molecule has 0 aliphatic heterocycles. The lowest BCUT2D eigenvalue weighted by Crippen LogP contribution is -2.23. The monoisotopic (exact) mass is 318 g/mol. The number of hydrogen-bond donors (Lipinski definition) is 0. The average Bonchev–Trinajstić information content (AvgIpc) is 2.46.